The van der Waals surface area contributed by atoms with E-state index in [0.717, 1.165) is 28.5 Å². The monoisotopic (exact) mass is 365 g/mol. The van der Waals surface area contributed by atoms with Crippen LogP contribution in [0.1, 0.15) is 28.1 Å². The topological polar surface area (TPSA) is 55.4 Å². The summed E-state index contributed by atoms with van der Waals surface area (Å²) in [5.74, 6) is 0.732. The number of nitrogens with one attached hydrogen (secondary N) is 1. The van der Waals surface area contributed by atoms with Crippen LogP contribution in [-0.2, 0) is 0 Å². The minimum atomic E-state index is 0. The first kappa shape index (κ1) is 19.9. The standard InChI is InChI=1S/C8H7BrO2.C8H9NO.CH4/c1-11-8-3-2-6(5-10)4-7(8)9;1-9-8-4-2-7(6-10)3-5-8;/h2-5H,1H3;2-6,9H,1H3;1H4. The Morgan fingerprint density at radius 3 is 1.95 bits per heavy atom. The second-order valence-corrected chi connectivity index (χ2v) is 4.86. The SMILES string of the molecule is C.CNc1ccc(C=O)cc1.COc1ccc(C=O)cc1Br. The molecule has 0 atom stereocenters. The van der Waals surface area contributed by atoms with Crippen molar-refractivity contribution in [2.24, 2.45) is 0 Å². The number of anilines is 1. The Morgan fingerprint density at radius 1 is 1.00 bits per heavy atom. The van der Waals surface area contributed by atoms with Gasteiger partial charge in [0.05, 0.1) is 11.6 Å². The van der Waals surface area contributed by atoms with Crippen molar-refractivity contribution in [3.05, 3.63) is 58.1 Å². The molecule has 0 bridgehead atoms. The Balaban J connectivity index is 0.000000385. The number of hydrogen-bond donors (Lipinski definition) is 1. The lowest BCUT2D eigenvalue weighted by atomic mass is 10.2. The number of rotatable bonds is 4. The molecule has 0 saturated carbocycles. The Kier molecular flexibility index (Phi) is 9.54. The number of carbonyl (C=O) groups excluding carboxylic acids is 2. The van der Waals surface area contributed by atoms with Crippen molar-refractivity contribution in [1.29, 1.82) is 0 Å². The zero-order valence-electron chi connectivity index (χ0n) is 11.8. The van der Waals surface area contributed by atoms with Crippen LogP contribution in [-0.4, -0.2) is 26.7 Å². The van der Waals surface area contributed by atoms with Crippen molar-refractivity contribution in [3.8, 4) is 5.75 Å². The Morgan fingerprint density at radius 2 is 1.55 bits per heavy atom. The summed E-state index contributed by atoms with van der Waals surface area (Å²) in [6.45, 7) is 0. The number of benzene rings is 2. The molecular weight excluding hydrogens is 346 g/mol. The van der Waals surface area contributed by atoms with Gasteiger partial charge in [-0.3, -0.25) is 9.59 Å². The van der Waals surface area contributed by atoms with Crippen LogP contribution in [0, 0.1) is 0 Å². The van der Waals surface area contributed by atoms with Crippen molar-refractivity contribution in [2.75, 3.05) is 19.5 Å². The highest BCUT2D eigenvalue weighted by Gasteiger charge is 1.99. The number of methoxy groups -OCH3 is 1. The molecule has 5 heteroatoms. The normalized spacial score (nSPS) is 8.68. The van der Waals surface area contributed by atoms with E-state index in [9.17, 15) is 9.59 Å². The third-order valence-corrected chi connectivity index (χ3v) is 3.27. The van der Waals surface area contributed by atoms with Crippen molar-refractivity contribution < 1.29 is 14.3 Å². The summed E-state index contributed by atoms with van der Waals surface area (Å²) in [5, 5.41) is 2.96. The van der Waals surface area contributed by atoms with E-state index in [2.05, 4.69) is 21.2 Å². The predicted octanol–water partition coefficient (Wildman–Crippen LogP) is 4.45. The van der Waals surface area contributed by atoms with Crippen molar-refractivity contribution in [1.82, 2.24) is 0 Å². The van der Waals surface area contributed by atoms with E-state index in [1.807, 2.05) is 19.2 Å². The van der Waals surface area contributed by atoms with Gasteiger partial charge in [0.25, 0.3) is 0 Å². The van der Waals surface area contributed by atoms with Crippen LogP contribution in [0.5, 0.6) is 5.75 Å². The van der Waals surface area contributed by atoms with Gasteiger partial charge in [-0.2, -0.15) is 0 Å². The zero-order chi connectivity index (χ0) is 15.7. The fraction of sp³-hybridized carbons (Fsp3) is 0.176. The second-order valence-electron chi connectivity index (χ2n) is 4.00. The van der Waals surface area contributed by atoms with Gasteiger partial charge in [0.1, 0.15) is 18.3 Å². The van der Waals surface area contributed by atoms with Gasteiger partial charge >= 0.3 is 0 Å². The molecule has 0 amide bonds. The van der Waals surface area contributed by atoms with E-state index in [0.29, 0.717) is 11.1 Å². The minimum Gasteiger partial charge on any atom is -0.496 e. The number of aldehydes is 2. The maximum Gasteiger partial charge on any atom is 0.150 e. The first-order valence-corrected chi connectivity index (χ1v) is 6.95. The molecule has 0 fully saturated rings. The highest BCUT2D eigenvalue weighted by Crippen LogP contribution is 2.24. The van der Waals surface area contributed by atoms with E-state index >= 15 is 0 Å². The largest absolute Gasteiger partial charge is 0.496 e. The van der Waals surface area contributed by atoms with E-state index in [1.54, 1.807) is 37.4 Å². The van der Waals surface area contributed by atoms with Gasteiger partial charge in [0, 0.05) is 23.9 Å². The lowest BCUT2D eigenvalue weighted by molar-refractivity contribution is 0.111. The Hall–Kier alpha value is -2.14. The van der Waals surface area contributed by atoms with Gasteiger partial charge in [0.2, 0.25) is 0 Å². The molecule has 118 valence electrons. The lowest BCUT2D eigenvalue weighted by Gasteiger charge is -2.01. The van der Waals surface area contributed by atoms with Crippen molar-refractivity contribution in [3.63, 3.8) is 0 Å². The molecule has 0 saturated heterocycles. The number of carbonyl (C=O) groups is 2. The van der Waals surface area contributed by atoms with Gasteiger partial charge in [-0.05, 0) is 58.4 Å². The third-order valence-electron chi connectivity index (χ3n) is 2.65. The summed E-state index contributed by atoms with van der Waals surface area (Å²) in [6, 6.07) is 12.4. The summed E-state index contributed by atoms with van der Waals surface area (Å²) in [5.41, 5.74) is 2.36. The van der Waals surface area contributed by atoms with Gasteiger partial charge < -0.3 is 10.1 Å². The first-order chi connectivity index (χ1) is 10.1. The summed E-state index contributed by atoms with van der Waals surface area (Å²) in [4.78, 5) is 20.5. The second kappa shape index (κ2) is 10.6. The molecule has 0 radical (unpaired) electrons. The van der Waals surface area contributed by atoms with Gasteiger partial charge in [-0.25, -0.2) is 0 Å². The first-order valence-electron chi connectivity index (χ1n) is 6.16. The fourth-order valence-corrected chi connectivity index (χ4v) is 2.04. The summed E-state index contributed by atoms with van der Waals surface area (Å²) in [7, 11) is 3.43. The molecule has 2 aromatic carbocycles. The number of hydrogen-bond acceptors (Lipinski definition) is 4. The van der Waals surface area contributed by atoms with Crippen molar-refractivity contribution in [2.45, 2.75) is 7.43 Å². The highest BCUT2D eigenvalue weighted by molar-refractivity contribution is 9.10. The van der Waals surface area contributed by atoms with E-state index in [1.165, 1.54) is 0 Å². The van der Waals surface area contributed by atoms with Gasteiger partial charge in [-0.1, -0.05) is 7.43 Å². The number of ether oxygens (including phenoxy) is 1. The molecule has 1 N–H and O–H groups in total. The Labute approximate surface area is 139 Å². The average molecular weight is 366 g/mol. The fourth-order valence-electron chi connectivity index (χ4n) is 1.48. The molecule has 2 aromatic rings. The average Bonchev–Trinajstić information content (AvgIpc) is 2.55. The van der Waals surface area contributed by atoms with Crippen LogP contribution >= 0.6 is 15.9 Å². The smallest absolute Gasteiger partial charge is 0.150 e. The molecule has 0 aromatic heterocycles. The maximum atomic E-state index is 10.3. The van der Waals surface area contributed by atoms with Crippen LogP contribution in [0.25, 0.3) is 0 Å². The summed E-state index contributed by atoms with van der Waals surface area (Å²) >= 11 is 3.26. The molecule has 0 spiro atoms. The zero-order valence-corrected chi connectivity index (χ0v) is 13.4. The van der Waals surface area contributed by atoms with Gasteiger partial charge in [-0.15, -0.1) is 0 Å². The molecule has 2 rings (SSSR count). The molecule has 0 aliphatic rings. The quantitative estimate of drug-likeness (QED) is 0.813. The summed E-state index contributed by atoms with van der Waals surface area (Å²) < 4.78 is 5.78. The van der Waals surface area contributed by atoms with E-state index in [-0.39, 0.29) is 7.43 Å². The third kappa shape index (κ3) is 6.10. The van der Waals surface area contributed by atoms with Crippen molar-refractivity contribution >= 4 is 34.2 Å². The number of halogens is 1. The highest BCUT2D eigenvalue weighted by atomic mass is 79.9. The predicted molar refractivity (Wildman–Crippen MR) is 94.2 cm³/mol. The molecule has 0 unspecified atom stereocenters. The van der Waals surface area contributed by atoms with Crippen LogP contribution in [0.2, 0.25) is 0 Å². The maximum absolute atomic E-state index is 10.3. The molecule has 22 heavy (non-hydrogen) atoms. The molecule has 4 nitrogen and oxygen atoms in total. The van der Waals surface area contributed by atoms with Crippen LogP contribution in [0.15, 0.2) is 46.9 Å². The van der Waals surface area contributed by atoms with Crippen LogP contribution in [0.3, 0.4) is 0 Å². The molecule has 0 heterocycles. The lowest BCUT2D eigenvalue weighted by Crippen LogP contribution is -1.87. The molecular formula is C17H20BrNO3. The molecule has 0 aliphatic carbocycles. The summed E-state index contributed by atoms with van der Waals surface area (Å²) in [6.07, 6.45) is 1.63. The van der Waals surface area contributed by atoms with Gasteiger partial charge in [0.15, 0.2) is 0 Å². The van der Waals surface area contributed by atoms with E-state index < -0.39 is 0 Å². The molecule has 0 aliphatic heterocycles. The van der Waals surface area contributed by atoms with Crippen LogP contribution < -0.4 is 10.1 Å². The minimum absolute atomic E-state index is 0. The van der Waals surface area contributed by atoms with E-state index in [4.69, 9.17) is 4.74 Å². The Bertz CT molecular complexity index is 597. The van der Waals surface area contributed by atoms with Crippen LogP contribution in [0.4, 0.5) is 5.69 Å².